The molecule has 0 atom stereocenters. The lowest BCUT2D eigenvalue weighted by Crippen LogP contribution is -2.38. The third-order valence-corrected chi connectivity index (χ3v) is 5.94. The molecular weight excluding hydrogens is 362 g/mol. The molecule has 0 N–H and O–H groups in total. The van der Waals surface area contributed by atoms with Gasteiger partial charge in [0.25, 0.3) is 11.8 Å². The van der Waals surface area contributed by atoms with Gasteiger partial charge in [-0.15, -0.1) is 0 Å². The molecule has 2 amide bonds. The van der Waals surface area contributed by atoms with Crippen molar-refractivity contribution in [2.75, 3.05) is 13.1 Å². The minimum atomic E-state index is -0.221. The second kappa shape index (κ2) is 7.82. The van der Waals surface area contributed by atoms with E-state index in [9.17, 15) is 9.59 Å². The van der Waals surface area contributed by atoms with E-state index in [1.165, 1.54) is 4.90 Å². The Hall–Kier alpha value is -2.95. The molecule has 2 aliphatic rings. The number of benzene rings is 1. The Morgan fingerprint density at radius 1 is 1.03 bits per heavy atom. The molecule has 1 fully saturated rings. The van der Waals surface area contributed by atoms with Crippen LogP contribution in [-0.4, -0.2) is 39.7 Å². The third kappa shape index (κ3) is 3.69. The van der Waals surface area contributed by atoms with Crippen LogP contribution in [0.3, 0.4) is 0 Å². The normalized spacial score (nSPS) is 18.2. The van der Waals surface area contributed by atoms with E-state index in [0.29, 0.717) is 22.9 Å². The molecule has 0 unspecified atom stereocenters. The van der Waals surface area contributed by atoms with Crippen LogP contribution in [0.2, 0.25) is 0 Å². The van der Waals surface area contributed by atoms with Crippen LogP contribution in [0.1, 0.15) is 42.1 Å². The summed E-state index contributed by atoms with van der Waals surface area (Å²) in [5.41, 5.74) is 4.82. The molecule has 1 aromatic carbocycles. The molecule has 5 nitrogen and oxygen atoms in total. The maximum Gasteiger partial charge on any atom is 0.278 e. The van der Waals surface area contributed by atoms with Crippen molar-refractivity contribution in [2.45, 2.75) is 40.2 Å². The predicted molar refractivity (Wildman–Crippen MR) is 113 cm³/mol. The number of hydrogen-bond donors (Lipinski definition) is 0. The number of rotatable bonds is 4. The number of pyridine rings is 1. The Kier molecular flexibility index (Phi) is 5.22. The number of imide groups is 1. The summed E-state index contributed by atoms with van der Waals surface area (Å²) in [6.07, 6.45) is 3.75. The molecule has 0 saturated carbocycles. The Labute approximate surface area is 172 Å². The lowest BCUT2D eigenvalue weighted by molar-refractivity contribution is -0.138. The molecule has 2 aromatic rings. The molecule has 4 rings (SSSR count). The van der Waals surface area contributed by atoms with Crippen molar-refractivity contribution in [3.63, 3.8) is 0 Å². The van der Waals surface area contributed by atoms with Crippen LogP contribution in [0.15, 0.2) is 48.3 Å². The van der Waals surface area contributed by atoms with E-state index in [-0.39, 0.29) is 18.4 Å². The van der Waals surface area contributed by atoms with Crippen molar-refractivity contribution in [2.24, 2.45) is 5.92 Å². The summed E-state index contributed by atoms with van der Waals surface area (Å²) >= 11 is 0. The number of piperidine rings is 1. The van der Waals surface area contributed by atoms with E-state index in [4.69, 9.17) is 0 Å². The summed E-state index contributed by atoms with van der Waals surface area (Å²) in [6.45, 7) is 8.09. The summed E-state index contributed by atoms with van der Waals surface area (Å²) < 4.78 is 0. The Morgan fingerprint density at radius 2 is 1.79 bits per heavy atom. The van der Waals surface area contributed by atoms with Gasteiger partial charge < -0.3 is 4.90 Å². The average Bonchev–Trinajstić information content (AvgIpc) is 2.94. The van der Waals surface area contributed by atoms with E-state index in [1.807, 2.05) is 44.2 Å². The van der Waals surface area contributed by atoms with Gasteiger partial charge in [0, 0.05) is 19.3 Å². The molecule has 29 heavy (non-hydrogen) atoms. The zero-order valence-corrected chi connectivity index (χ0v) is 17.3. The van der Waals surface area contributed by atoms with Crippen LogP contribution in [-0.2, 0) is 16.1 Å². The van der Waals surface area contributed by atoms with E-state index in [0.717, 1.165) is 42.6 Å². The molecule has 0 radical (unpaired) electrons. The van der Waals surface area contributed by atoms with Gasteiger partial charge in [0.2, 0.25) is 0 Å². The fourth-order valence-electron chi connectivity index (χ4n) is 4.22. The van der Waals surface area contributed by atoms with E-state index < -0.39 is 0 Å². The Balaban J connectivity index is 1.76. The molecule has 2 aliphatic heterocycles. The summed E-state index contributed by atoms with van der Waals surface area (Å²) in [5, 5.41) is 0. The van der Waals surface area contributed by atoms with Gasteiger partial charge in [-0.25, -0.2) is 0 Å². The molecule has 1 saturated heterocycles. The number of aryl methyl sites for hydroxylation is 2. The third-order valence-electron chi connectivity index (χ3n) is 5.94. The monoisotopic (exact) mass is 389 g/mol. The minimum absolute atomic E-state index is 0.195. The summed E-state index contributed by atoms with van der Waals surface area (Å²) in [4.78, 5) is 34.7. The molecule has 0 spiro atoms. The van der Waals surface area contributed by atoms with E-state index in [1.54, 1.807) is 6.20 Å². The van der Waals surface area contributed by atoms with Gasteiger partial charge in [-0.3, -0.25) is 19.5 Å². The number of aromatic nitrogens is 1. The minimum Gasteiger partial charge on any atom is -0.366 e. The summed E-state index contributed by atoms with van der Waals surface area (Å²) in [7, 11) is 0. The van der Waals surface area contributed by atoms with Crippen molar-refractivity contribution in [1.29, 1.82) is 0 Å². The molecule has 0 bridgehead atoms. The van der Waals surface area contributed by atoms with Crippen LogP contribution >= 0.6 is 0 Å². The van der Waals surface area contributed by atoms with Gasteiger partial charge in [0.15, 0.2) is 0 Å². The Morgan fingerprint density at radius 3 is 2.45 bits per heavy atom. The standard InChI is InChI=1S/C24H27N3O2/c1-16-9-12-26(13-10-16)22-21(20-8-7-17(2)14-18(20)3)23(28)27(24(22)29)15-19-6-4-5-11-25-19/h4-8,11,14,16H,9-10,12-13,15H2,1-3H3. The second-order valence-electron chi connectivity index (χ2n) is 8.23. The number of nitrogens with zero attached hydrogens (tertiary/aromatic N) is 3. The molecule has 150 valence electrons. The highest BCUT2D eigenvalue weighted by atomic mass is 16.2. The summed E-state index contributed by atoms with van der Waals surface area (Å²) in [5.74, 6) is 0.222. The zero-order valence-electron chi connectivity index (χ0n) is 17.3. The number of carbonyl (C=O) groups is 2. The largest absolute Gasteiger partial charge is 0.366 e. The number of amides is 2. The van der Waals surface area contributed by atoms with Gasteiger partial charge >= 0.3 is 0 Å². The molecule has 5 heteroatoms. The van der Waals surface area contributed by atoms with Gasteiger partial charge in [0.1, 0.15) is 5.70 Å². The van der Waals surface area contributed by atoms with Crippen molar-refractivity contribution in [1.82, 2.24) is 14.8 Å². The van der Waals surface area contributed by atoms with E-state index in [2.05, 4.69) is 22.9 Å². The highest BCUT2D eigenvalue weighted by Crippen LogP contribution is 2.35. The SMILES string of the molecule is Cc1ccc(C2=C(N3CCC(C)CC3)C(=O)N(Cc3ccccn3)C2=O)c(C)c1. The summed E-state index contributed by atoms with van der Waals surface area (Å²) in [6, 6.07) is 11.6. The highest BCUT2D eigenvalue weighted by molar-refractivity contribution is 6.35. The first-order chi connectivity index (χ1) is 14.0. The lowest BCUT2D eigenvalue weighted by atomic mass is 9.95. The first-order valence-corrected chi connectivity index (χ1v) is 10.3. The number of likely N-dealkylation sites (tertiary alicyclic amines) is 1. The predicted octanol–water partition coefficient (Wildman–Crippen LogP) is 3.71. The lowest BCUT2D eigenvalue weighted by Gasteiger charge is -2.32. The number of hydrogen-bond acceptors (Lipinski definition) is 4. The molecule has 0 aliphatic carbocycles. The zero-order chi connectivity index (χ0) is 20.5. The highest BCUT2D eigenvalue weighted by Gasteiger charge is 2.42. The van der Waals surface area contributed by atoms with Crippen LogP contribution in [0, 0.1) is 19.8 Å². The smallest absolute Gasteiger partial charge is 0.278 e. The first kappa shape index (κ1) is 19.4. The van der Waals surface area contributed by atoms with Crippen molar-refractivity contribution < 1.29 is 9.59 Å². The fraction of sp³-hybridized carbons (Fsp3) is 0.375. The topological polar surface area (TPSA) is 53.5 Å². The Bertz CT molecular complexity index is 973. The van der Waals surface area contributed by atoms with Gasteiger partial charge in [-0.05, 0) is 55.9 Å². The van der Waals surface area contributed by atoms with Crippen molar-refractivity contribution in [3.8, 4) is 0 Å². The van der Waals surface area contributed by atoms with Crippen LogP contribution in [0.4, 0.5) is 0 Å². The molecule has 3 heterocycles. The maximum atomic E-state index is 13.5. The molecular formula is C24H27N3O2. The fourth-order valence-corrected chi connectivity index (χ4v) is 4.22. The van der Waals surface area contributed by atoms with E-state index >= 15 is 0 Å². The van der Waals surface area contributed by atoms with Gasteiger partial charge in [-0.2, -0.15) is 0 Å². The number of carbonyl (C=O) groups excluding carboxylic acids is 2. The van der Waals surface area contributed by atoms with Crippen LogP contribution < -0.4 is 0 Å². The molecule has 1 aromatic heterocycles. The second-order valence-corrected chi connectivity index (χ2v) is 8.23. The average molecular weight is 389 g/mol. The first-order valence-electron chi connectivity index (χ1n) is 10.3. The van der Waals surface area contributed by atoms with Crippen molar-refractivity contribution in [3.05, 3.63) is 70.7 Å². The van der Waals surface area contributed by atoms with Crippen LogP contribution in [0.25, 0.3) is 5.57 Å². The van der Waals surface area contributed by atoms with Gasteiger partial charge in [0.05, 0.1) is 17.8 Å². The van der Waals surface area contributed by atoms with Gasteiger partial charge in [-0.1, -0.05) is 36.8 Å². The quantitative estimate of drug-likeness (QED) is 0.748. The van der Waals surface area contributed by atoms with Crippen LogP contribution in [0.5, 0.6) is 0 Å². The maximum absolute atomic E-state index is 13.5. The van der Waals surface area contributed by atoms with Crippen molar-refractivity contribution >= 4 is 17.4 Å².